The molecule has 0 saturated carbocycles. The number of carboxylic acids is 1. The molecule has 0 aliphatic rings. The molecule has 9 nitrogen and oxygen atoms in total. The lowest BCUT2D eigenvalue weighted by Crippen LogP contribution is -2.34. The van der Waals surface area contributed by atoms with E-state index in [1.165, 1.54) is 0 Å². The minimum atomic E-state index is -4.20. The monoisotopic (exact) mass is 305 g/mol. The zero-order chi connectivity index (χ0) is 15.3. The molecular formula is C10H15N3O6S. The number of rotatable bonds is 7. The van der Waals surface area contributed by atoms with Gasteiger partial charge >= 0.3 is 11.7 Å². The lowest BCUT2D eigenvalue weighted by molar-refractivity contribution is -0.137. The highest BCUT2D eigenvalue weighted by Crippen LogP contribution is 2.02. The summed E-state index contributed by atoms with van der Waals surface area (Å²) in [7, 11) is -4.20. The third kappa shape index (κ3) is 4.63. The zero-order valence-electron chi connectivity index (χ0n) is 10.5. The fraction of sp³-hybridized carbons (Fsp3) is 0.500. The summed E-state index contributed by atoms with van der Waals surface area (Å²) in [6.45, 7) is 0.164. The van der Waals surface area contributed by atoms with Crippen LogP contribution in [-0.2, 0) is 21.4 Å². The van der Waals surface area contributed by atoms with Gasteiger partial charge in [-0.15, -0.1) is 0 Å². The topological polar surface area (TPSA) is 152 Å². The number of nitrogens with one attached hydrogen (secondary N) is 1. The first-order valence-electron chi connectivity index (χ1n) is 5.80. The van der Waals surface area contributed by atoms with Gasteiger partial charge in [0.05, 0.1) is 0 Å². The number of nitrogens with zero attached hydrogens (tertiary/aromatic N) is 1. The number of hydrogen-bond donors (Lipinski definition) is 3. The molecule has 0 aromatic carbocycles. The molecule has 0 fully saturated rings. The molecular weight excluding hydrogens is 290 g/mol. The molecule has 20 heavy (non-hydrogen) atoms. The molecule has 4 N–H and O–H groups in total. The zero-order valence-corrected chi connectivity index (χ0v) is 11.4. The lowest BCUT2D eigenvalue weighted by Gasteiger charge is -2.06. The number of aliphatic carboxylic acids is 1. The summed E-state index contributed by atoms with van der Waals surface area (Å²) >= 11 is 0. The van der Waals surface area contributed by atoms with Crippen LogP contribution in [0, 0.1) is 0 Å². The molecule has 112 valence electrons. The Hall–Kier alpha value is -1.94. The summed E-state index contributed by atoms with van der Waals surface area (Å²) in [5.74, 6) is -0.900. The predicted molar refractivity (Wildman–Crippen MR) is 68.8 cm³/mol. The normalized spacial score (nSPS) is 11.4. The van der Waals surface area contributed by atoms with Crippen molar-refractivity contribution in [3.8, 4) is 0 Å². The van der Waals surface area contributed by atoms with Crippen LogP contribution in [0.3, 0.4) is 0 Å². The largest absolute Gasteiger partial charge is 0.481 e. The second-order valence-electron chi connectivity index (χ2n) is 4.20. The van der Waals surface area contributed by atoms with E-state index in [1.54, 1.807) is 0 Å². The first-order chi connectivity index (χ1) is 9.21. The summed E-state index contributed by atoms with van der Waals surface area (Å²) in [6.07, 6.45) is 2.41. The van der Waals surface area contributed by atoms with Crippen molar-refractivity contribution >= 4 is 16.0 Å². The molecule has 10 heteroatoms. The van der Waals surface area contributed by atoms with Gasteiger partial charge in [-0.05, 0) is 12.8 Å². The highest BCUT2D eigenvalue weighted by molar-refractivity contribution is 7.89. The fourth-order valence-electron chi connectivity index (χ4n) is 1.59. The molecule has 0 atom stereocenters. The molecule has 1 aromatic rings. The number of carbonyl (C=O) groups is 1. The SMILES string of the molecule is NS(=O)(=O)c1cn(CCCCCC(=O)O)c(=O)[nH]c1=O. The number of nitrogens with two attached hydrogens (primary N) is 1. The van der Waals surface area contributed by atoms with E-state index >= 15 is 0 Å². The van der Waals surface area contributed by atoms with Crippen molar-refractivity contribution in [1.29, 1.82) is 0 Å². The van der Waals surface area contributed by atoms with Crippen LogP contribution in [0.15, 0.2) is 20.7 Å². The van der Waals surface area contributed by atoms with Crippen LogP contribution in [0.4, 0.5) is 0 Å². The molecule has 0 aliphatic carbocycles. The van der Waals surface area contributed by atoms with E-state index in [-0.39, 0.29) is 13.0 Å². The van der Waals surface area contributed by atoms with Crippen molar-refractivity contribution in [1.82, 2.24) is 9.55 Å². The number of unbranched alkanes of at least 4 members (excludes halogenated alkanes) is 2. The quantitative estimate of drug-likeness (QED) is 0.539. The van der Waals surface area contributed by atoms with Crippen molar-refractivity contribution in [3.05, 3.63) is 27.0 Å². The van der Waals surface area contributed by atoms with Crippen molar-refractivity contribution in [2.24, 2.45) is 5.14 Å². The van der Waals surface area contributed by atoms with Gasteiger partial charge in [-0.3, -0.25) is 19.1 Å². The van der Waals surface area contributed by atoms with Gasteiger partial charge in [-0.25, -0.2) is 18.4 Å². The average molecular weight is 305 g/mol. The standard InChI is InChI=1S/C10H15N3O6S/c11-20(18,19)7-6-13(10(17)12-9(7)16)5-3-1-2-4-8(14)15/h6H,1-5H2,(H,14,15)(H2,11,18,19)(H,12,16,17). The number of H-pyrrole nitrogens is 1. The Morgan fingerprint density at radius 3 is 2.50 bits per heavy atom. The van der Waals surface area contributed by atoms with Crippen molar-refractivity contribution in [2.45, 2.75) is 37.1 Å². The minimum Gasteiger partial charge on any atom is -0.481 e. The lowest BCUT2D eigenvalue weighted by atomic mass is 10.2. The number of sulfonamides is 1. The first-order valence-corrected chi connectivity index (χ1v) is 7.35. The number of aromatic amines is 1. The van der Waals surface area contributed by atoms with E-state index < -0.39 is 32.1 Å². The Morgan fingerprint density at radius 1 is 1.30 bits per heavy atom. The van der Waals surface area contributed by atoms with Crippen molar-refractivity contribution in [3.63, 3.8) is 0 Å². The summed E-state index contributed by atoms with van der Waals surface area (Å²) < 4.78 is 23.3. The van der Waals surface area contributed by atoms with E-state index in [0.717, 1.165) is 10.8 Å². The highest BCUT2D eigenvalue weighted by atomic mass is 32.2. The van der Waals surface area contributed by atoms with E-state index in [1.807, 2.05) is 4.98 Å². The smallest absolute Gasteiger partial charge is 0.328 e. The van der Waals surface area contributed by atoms with Gasteiger partial charge in [-0.1, -0.05) is 6.42 Å². The fourth-order valence-corrected chi connectivity index (χ4v) is 2.18. The van der Waals surface area contributed by atoms with Crippen LogP contribution in [0.5, 0.6) is 0 Å². The summed E-state index contributed by atoms with van der Waals surface area (Å²) in [4.78, 5) is 34.3. The summed E-state index contributed by atoms with van der Waals surface area (Å²) in [6, 6.07) is 0. The van der Waals surface area contributed by atoms with Gasteiger partial charge in [0, 0.05) is 19.2 Å². The Balaban J connectivity index is 2.79. The van der Waals surface area contributed by atoms with Gasteiger partial charge in [0.25, 0.3) is 5.56 Å². The molecule has 0 spiro atoms. The molecule has 0 amide bonds. The third-order valence-electron chi connectivity index (χ3n) is 2.57. The second-order valence-corrected chi connectivity index (χ2v) is 5.73. The Labute approximate surface area is 114 Å². The molecule has 1 rings (SSSR count). The van der Waals surface area contributed by atoms with Crippen LogP contribution in [0.2, 0.25) is 0 Å². The number of primary sulfonamides is 1. The van der Waals surface area contributed by atoms with E-state index in [2.05, 4.69) is 0 Å². The maximum Gasteiger partial charge on any atom is 0.328 e. The Bertz CT molecular complexity index is 702. The molecule has 0 bridgehead atoms. The number of carboxylic acid groups (broad SMARTS) is 1. The third-order valence-corrected chi connectivity index (χ3v) is 3.48. The van der Waals surface area contributed by atoms with Crippen molar-refractivity contribution < 1.29 is 18.3 Å². The van der Waals surface area contributed by atoms with Crippen LogP contribution in [0.1, 0.15) is 25.7 Å². The van der Waals surface area contributed by atoms with E-state index in [4.69, 9.17) is 10.2 Å². The maximum absolute atomic E-state index is 11.5. The van der Waals surface area contributed by atoms with Gasteiger partial charge in [-0.2, -0.15) is 0 Å². The van der Waals surface area contributed by atoms with Gasteiger partial charge in [0.1, 0.15) is 0 Å². The van der Waals surface area contributed by atoms with Crippen LogP contribution in [0.25, 0.3) is 0 Å². The van der Waals surface area contributed by atoms with Crippen molar-refractivity contribution in [2.75, 3.05) is 0 Å². The summed E-state index contributed by atoms with van der Waals surface area (Å²) in [5, 5.41) is 13.3. The van der Waals surface area contributed by atoms with Crippen LogP contribution < -0.4 is 16.4 Å². The second kappa shape index (κ2) is 6.48. The average Bonchev–Trinajstić information content (AvgIpc) is 2.29. The van der Waals surface area contributed by atoms with E-state index in [0.29, 0.717) is 19.3 Å². The van der Waals surface area contributed by atoms with Gasteiger partial charge in [0.15, 0.2) is 4.90 Å². The molecule has 0 aliphatic heterocycles. The predicted octanol–water partition coefficient (Wildman–Crippen LogP) is -1.17. The maximum atomic E-state index is 11.5. The number of aryl methyl sites for hydroxylation is 1. The van der Waals surface area contributed by atoms with Gasteiger partial charge in [0.2, 0.25) is 10.0 Å². The minimum absolute atomic E-state index is 0.0307. The van der Waals surface area contributed by atoms with Crippen LogP contribution >= 0.6 is 0 Å². The molecule has 0 saturated heterocycles. The Kier molecular flexibility index (Phi) is 5.22. The van der Waals surface area contributed by atoms with Crippen LogP contribution in [-0.4, -0.2) is 29.0 Å². The highest BCUT2D eigenvalue weighted by Gasteiger charge is 2.15. The molecule has 0 unspecified atom stereocenters. The van der Waals surface area contributed by atoms with Gasteiger partial charge < -0.3 is 5.11 Å². The van der Waals surface area contributed by atoms with E-state index in [9.17, 15) is 22.8 Å². The summed E-state index contributed by atoms with van der Waals surface area (Å²) in [5.41, 5.74) is -1.79. The number of hydrogen-bond acceptors (Lipinski definition) is 5. The molecule has 0 radical (unpaired) electrons. The Morgan fingerprint density at radius 2 is 1.95 bits per heavy atom. The molecule has 1 heterocycles. The first kappa shape index (κ1) is 16.1. The number of aromatic nitrogens is 2. The molecule has 1 aromatic heterocycles.